The summed E-state index contributed by atoms with van der Waals surface area (Å²) in [5.41, 5.74) is 1.38. The quantitative estimate of drug-likeness (QED) is 0.713. The van der Waals surface area contributed by atoms with Crippen LogP contribution in [0, 0.1) is 0 Å². The van der Waals surface area contributed by atoms with E-state index in [1.54, 1.807) is 0 Å². The van der Waals surface area contributed by atoms with Gasteiger partial charge >= 0.3 is 0 Å². The lowest BCUT2D eigenvalue weighted by Gasteiger charge is -2.02. The Morgan fingerprint density at radius 3 is 2.50 bits per heavy atom. The monoisotopic (exact) mass is 211 g/mol. The van der Waals surface area contributed by atoms with Crippen molar-refractivity contribution in [2.45, 2.75) is 26.2 Å². The van der Waals surface area contributed by atoms with Crippen LogP contribution in [0.15, 0.2) is 24.3 Å². The molecule has 1 nitrogen and oxygen atoms in total. The van der Waals surface area contributed by atoms with E-state index in [4.69, 9.17) is 11.6 Å². The van der Waals surface area contributed by atoms with Crippen molar-refractivity contribution >= 4 is 11.6 Å². The molecule has 0 saturated heterocycles. The van der Waals surface area contributed by atoms with Gasteiger partial charge in [0.1, 0.15) is 0 Å². The van der Waals surface area contributed by atoms with Crippen LogP contribution >= 0.6 is 11.6 Å². The molecule has 78 valence electrons. The van der Waals surface area contributed by atoms with Crippen LogP contribution in [0.2, 0.25) is 5.02 Å². The maximum atomic E-state index is 5.80. The Morgan fingerprint density at radius 2 is 1.86 bits per heavy atom. The molecule has 1 rings (SSSR count). The van der Waals surface area contributed by atoms with Crippen molar-refractivity contribution < 1.29 is 0 Å². The molecule has 0 unspecified atom stereocenters. The predicted octanol–water partition coefficient (Wildman–Crippen LogP) is 3.27. The molecule has 0 saturated carbocycles. The molecule has 0 radical (unpaired) electrons. The molecule has 0 aromatic heterocycles. The molecule has 2 heteroatoms. The molecule has 0 spiro atoms. The largest absolute Gasteiger partial charge is 0.317 e. The summed E-state index contributed by atoms with van der Waals surface area (Å²) >= 11 is 5.80. The van der Waals surface area contributed by atoms with Gasteiger partial charge in [-0.15, -0.1) is 0 Å². The summed E-state index contributed by atoms with van der Waals surface area (Å²) in [6.07, 6.45) is 3.65. The van der Waals surface area contributed by atoms with Crippen LogP contribution in [0.25, 0.3) is 0 Å². The van der Waals surface area contributed by atoms with Crippen LogP contribution in [-0.2, 0) is 6.42 Å². The molecule has 1 aromatic carbocycles. The number of halogens is 1. The fourth-order valence-corrected chi connectivity index (χ4v) is 1.53. The van der Waals surface area contributed by atoms with Crippen LogP contribution in [0.1, 0.15) is 25.3 Å². The van der Waals surface area contributed by atoms with Crippen LogP contribution in [-0.4, -0.2) is 13.1 Å². The fourth-order valence-electron chi connectivity index (χ4n) is 1.41. The van der Waals surface area contributed by atoms with E-state index in [1.807, 2.05) is 12.1 Å². The van der Waals surface area contributed by atoms with Gasteiger partial charge in [0.15, 0.2) is 0 Å². The summed E-state index contributed by atoms with van der Waals surface area (Å²) in [7, 11) is 0. The average molecular weight is 212 g/mol. The summed E-state index contributed by atoms with van der Waals surface area (Å²) in [5.74, 6) is 0. The first-order valence-corrected chi connectivity index (χ1v) is 5.66. The van der Waals surface area contributed by atoms with Crippen molar-refractivity contribution in [1.82, 2.24) is 5.32 Å². The standard InChI is InChI=1S/C12H18ClN/c1-2-14-10-4-3-5-11-6-8-12(13)9-7-11/h6-9,14H,2-5,10H2,1H3. The molecule has 0 atom stereocenters. The number of aryl methyl sites for hydroxylation is 1. The van der Waals surface area contributed by atoms with Crippen molar-refractivity contribution in [3.8, 4) is 0 Å². The van der Waals surface area contributed by atoms with Gasteiger partial charge in [0, 0.05) is 5.02 Å². The highest BCUT2D eigenvalue weighted by atomic mass is 35.5. The third-order valence-electron chi connectivity index (χ3n) is 2.23. The molecule has 14 heavy (non-hydrogen) atoms. The number of hydrogen-bond donors (Lipinski definition) is 1. The predicted molar refractivity (Wildman–Crippen MR) is 62.9 cm³/mol. The first-order chi connectivity index (χ1) is 6.83. The summed E-state index contributed by atoms with van der Waals surface area (Å²) in [6.45, 7) is 4.34. The molecular weight excluding hydrogens is 194 g/mol. The first-order valence-electron chi connectivity index (χ1n) is 5.28. The molecule has 0 aliphatic rings. The van der Waals surface area contributed by atoms with Gasteiger partial charge in [0.2, 0.25) is 0 Å². The number of benzene rings is 1. The molecule has 0 fully saturated rings. The third kappa shape index (κ3) is 4.64. The van der Waals surface area contributed by atoms with Gasteiger partial charge < -0.3 is 5.32 Å². The van der Waals surface area contributed by atoms with Gasteiger partial charge in [-0.25, -0.2) is 0 Å². The highest BCUT2D eigenvalue weighted by molar-refractivity contribution is 6.30. The van der Waals surface area contributed by atoms with E-state index in [0.29, 0.717) is 0 Å². The zero-order valence-corrected chi connectivity index (χ0v) is 9.48. The minimum Gasteiger partial charge on any atom is -0.317 e. The number of nitrogens with one attached hydrogen (secondary N) is 1. The highest BCUT2D eigenvalue weighted by Crippen LogP contribution is 2.11. The summed E-state index contributed by atoms with van der Waals surface area (Å²) in [6, 6.07) is 8.13. The van der Waals surface area contributed by atoms with E-state index >= 15 is 0 Å². The zero-order chi connectivity index (χ0) is 10.2. The van der Waals surface area contributed by atoms with Crippen molar-refractivity contribution in [3.63, 3.8) is 0 Å². The second-order valence-electron chi connectivity index (χ2n) is 3.44. The highest BCUT2D eigenvalue weighted by Gasteiger charge is 1.93. The van der Waals surface area contributed by atoms with Gasteiger partial charge in [-0.1, -0.05) is 30.7 Å². The van der Waals surface area contributed by atoms with E-state index in [9.17, 15) is 0 Å². The molecule has 1 N–H and O–H groups in total. The van der Waals surface area contributed by atoms with Crippen LogP contribution in [0.4, 0.5) is 0 Å². The maximum absolute atomic E-state index is 5.80. The lowest BCUT2D eigenvalue weighted by molar-refractivity contribution is 0.641. The van der Waals surface area contributed by atoms with Crippen LogP contribution < -0.4 is 5.32 Å². The number of unbranched alkanes of at least 4 members (excludes halogenated alkanes) is 1. The Kier molecular flexibility index (Phi) is 5.65. The van der Waals surface area contributed by atoms with E-state index in [0.717, 1.165) is 24.5 Å². The Bertz CT molecular complexity index is 243. The second-order valence-corrected chi connectivity index (χ2v) is 3.87. The molecule has 0 aliphatic heterocycles. The number of hydrogen-bond acceptors (Lipinski definition) is 1. The van der Waals surface area contributed by atoms with E-state index < -0.39 is 0 Å². The molecule has 0 bridgehead atoms. The molecule has 0 heterocycles. The van der Waals surface area contributed by atoms with Crippen molar-refractivity contribution in [1.29, 1.82) is 0 Å². The van der Waals surface area contributed by atoms with E-state index in [1.165, 1.54) is 18.4 Å². The zero-order valence-electron chi connectivity index (χ0n) is 8.72. The average Bonchev–Trinajstić information content (AvgIpc) is 2.21. The lowest BCUT2D eigenvalue weighted by atomic mass is 10.1. The second kappa shape index (κ2) is 6.86. The Labute approximate surface area is 91.5 Å². The Hall–Kier alpha value is -0.530. The van der Waals surface area contributed by atoms with Crippen LogP contribution in [0.3, 0.4) is 0 Å². The topological polar surface area (TPSA) is 12.0 Å². The van der Waals surface area contributed by atoms with Gasteiger partial charge in [0.05, 0.1) is 0 Å². The Balaban J connectivity index is 2.15. The van der Waals surface area contributed by atoms with Gasteiger partial charge in [0.25, 0.3) is 0 Å². The summed E-state index contributed by atoms with van der Waals surface area (Å²) in [4.78, 5) is 0. The normalized spacial score (nSPS) is 10.4. The maximum Gasteiger partial charge on any atom is 0.0406 e. The summed E-state index contributed by atoms with van der Waals surface area (Å²) in [5, 5.41) is 4.14. The third-order valence-corrected chi connectivity index (χ3v) is 2.48. The Morgan fingerprint density at radius 1 is 1.14 bits per heavy atom. The van der Waals surface area contributed by atoms with Gasteiger partial charge in [-0.05, 0) is 50.0 Å². The summed E-state index contributed by atoms with van der Waals surface area (Å²) < 4.78 is 0. The lowest BCUT2D eigenvalue weighted by Crippen LogP contribution is -2.13. The minimum atomic E-state index is 0.821. The van der Waals surface area contributed by atoms with E-state index in [2.05, 4.69) is 24.4 Å². The first kappa shape index (κ1) is 11.5. The fraction of sp³-hybridized carbons (Fsp3) is 0.500. The van der Waals surface area contributed by atoms with Gasteiger partial charge in [-0.3, -0.25) is 0 Å². The minimum absolute atomic E-state index is 0.821. The molecule has 1 aromatic rings. The van der Waals surface area contributed by atoms with Crippen molar-refractivity contribution in [3.05, 3.63) is 34.9 Å². The number of rotatable bonds is 6. The van der Waals surface area contributed by atoms with Gasteiger partial charge in [-0.2, -0.15) is 0 Å². The smallest absolute Gasteiger partial charge is 0.0406 e. The molecule has 0 aliphatic carbocycles. The van der Waals surface area contributed by atoms with Crippen molar-refractivity contribution in [2.75, 3.05) is 13.1 Å². The SMILES string of the molecule is CCNCCCCc1ccc(Cl)cc1. The van der Waals surface area contributed by atoms with Crippen LogP contribution in [0.5, 0.6) is 0 Å². The molecular formula is C12H18ClN. The van der Waals surface area contributed by atoms with E-state index in [-0.39, 0.29) is 0 Å². The van der Waals surface area contributed by atoms with Crippen molar-refractivity contribution in [2.24, 2.45) is 0 Å². The molecule has 0 amide bonds.